The molecule has 0 aromatic heterocycles. The molecule has 6 nitrogen and oxygen atoms in total. The molecular formula is C11H22NO5P. The molecule has 18 heavy (non-hydrogen) atoms. The lowest BCUT2D eigenvalue weighted by Gasteiger charge is -2.25. The summed E-state index contributed by atoms with van der Waals surface area (Å²) in [6.07, 6.45) is 2.97. The van der Waals surface area contributed by atoms with Crippen molar-refractivity contribution in [1.29, 1.82) is 0 Å². The van der Waals surface area contributed by atoms with Crippen molar-refractivity contribution in [3.8, 4) is 0 Å². The predicted molar refractivity (Wildman–Crippen MR) is 70.5 cm³/mol. The van der Waals surface area contributed by atoms with Gasteiger partial charge in [0.1, 0.15) is 6.29 Å². The van der Waals surface area contributed by atoms with Gasteiger partial charge in [-0.2, -0.15) is 0 Å². The lowest BCUT2D eigenvalue weighted by atomic mass is 10.5. The van der Waals surface area contributed by atoms with Crippen molar-refractivity contribution in [3.63, 3.8) is 0 Å². The first-order chi connectivity index (χ1) is 8.61. The third-order valence-corrected chi connectivity index (χ3v) is 3.82. The fourth-order valence-electron chi connectivity index (χ4n) is 1.23. The number of hydrogen-bond donors (Lipinski definition) is 2. The number of hydrogen-bond acceptors (Lipinski definition) is 6. The van der Waals surface area contributed by atoms with E-state index >= 15 is 0 Å². The summed E-state index contributed by atoms with van der Waals surface area (Å²) in [6, 6.07) is 0. The zero-order valence-corrected chi connectivity index (χ0v) is 11.4. The van der Waals surface area contributed by atoms with E-state index in [1.807, 2.05) is 0 Å². The van der Waals surface area contributed by atoms with Crippen LogP contribution in [0.25, 0.3) is 0 Å². The van der Waals surface area contributed by atoms with E-state index in [1.54, 1.807) is 4.90 Å². The number of aliphatic hydroxyl groups is 2. The van der Waals surface area contributed by atoms with Crippen LogP contribution in [-0.4, -0.2) is 60.9 Å². The molecule has 0 saturated heterocycles. The van der Waals surface area contributed by atoms with E-state index in [0.29, 0.717) is 13.1 Å². The fourth-order valence-corrected chi connectivity index (χ4v) is 2.91. The first-order valence-electron chi connectivity index (χ1n) is 5.66. The van der Waals surface area contributed by atoms with Gasteiger partial charge in [-0.25, -0.2) is 0 Å². The second-order valence-electron chi connectivity index (χ2n) is 3.49. The zero-order chi connectivity index (χ0) is 13.9. The molecule has 0 unspecified atom stereocenters. The maximum Gasteiger partial charge on any atom is 0.345 e. The van der Waals surface area contributed by atoms with Gasteiger partial charge in [0, 0.05) is 13.1 Å². The maximum atomic E-state index is 12.3. The van der Waals surface area contributed by atoms with Gasteiger partial charge < -0.3 is 19.3 Å². The van der Waals surface area contributed by atoms with Crippen molar-refractivity contribution in [2.75, 3.05) is 45.8 Å². The van der Waals surface area contributed by atoms with Gasteiger partial charge in [0.05, 0.1) is 26.4 Å². The van der Waals surface area contributed by atoms with E-state index in [1.165, 1.54) is 12.2 Å². The molecule has 0 aliphatic carbocycles. The van der Waals surface area contributed by atoms with Crippen LogP contribution in [0.1, 0.15) is 0 Å². The molecule has 0 bridgehead atoms. The number of nitrogens with zero attached hydrogens (tertiary/aromatic N) is 1. The minimum absolute atomic E-state index is 0.00972. The van der Waals surface area contributed by atoms with Crippen LogP contribution in [0.2, 0.25) is 0 Å². The van der Waals surface area contributed by atoms with Gasteiger partial charge in [-0.05, 0) is 0 Å². The van der Waals surface area contributed by atoms with Crippen LogP contribution in [0.5, 0.6) is 0 Å². The van der Waals surface area contributed by atoms with Crippen LogP contribution >= 0.6 is 7.60 Å². The van der Waals surface area contributed by atoms with Crippen molar-refractivity contribution in [3.05, 3.63) is 25.3 Å². The molecule has 0 fully saturated rings. The van der Waals surface area contributed by atoms with Crippen LogP contribution in [0, 0.1) is 0 Å². The highest BCUT2D eigenvalue weighted by Crippen LogP contribution is 2.48. The maximum absolute atomic E-state index is 12.3. The Kier molecular flexibility index (Phi) is 10.2. The molecule has 0 aliphatic rings. The summed E-state index contributed by atoms with van der Waals surface area (Å²) in [5.41, 5.74) is 0. The molecule has 0 heterocycles. The molecule has 0 spiro atoms. The Labute approximate surface area is 108 Å². The topological polar surface area (TPSA) is 79.2 Å². The first-order valence-corrected chi connectivity index (χ1v) is 7.38. The van der Waals surface area contributed by atoms with Crippen molar-refractivity contribution in [2.45, 2.75) is 0 Å². The Hall–Kier alpha value is -0.490. The smallest absolute Gasteiger partial charge is 0.345 e. The Bertz CT molecular complexity index is 263. The average molecular weight is 279 g/mol. The SMILES string of the molecule is C=CCOP(=O)(CN(CCO)CCO)OCC=C. The van der Waals surface area contributed by atoms with Gasteiger partial charge in [-0.15, -0.1) is 13.2 Å². The average Bonchev–Trinajstić information content (AvgIpc) is 2.35. The molecule has 0 amide bonds. The Morgan fingerprint density at radius 3 is 1.83 bits per heavy atom. The van der Waals surface area contributed by atoms with Gasteiger partial charge in [0.15, 0.2) is 0 Å². The van der Waals surface area contributed by atoms with Crippen molar-refractivity contribution in [1.82, 2.24) is 4.90 Å². The largest absolute Gasteiger partial charge is 0.395 e. The minimum atomic E-state index is -3.31. The number of rotatable bonds is 12. The lowest BCUT2D eigenvalue weighted by molar-refractivity contribution is 0.158. The van der Waals surface area contributed by atoms with Crippen LogP contribution < -0.4 is 0 Å². The van der Waals surface area contributed by atoms with Crippen molar-refractivity contribution < 1.29 is 23.8 Å². The second kappa shape index (κ2) is 10.4. The van der Waals surface area contributed by atoms with Crippen molar-refractivity contribution in [2.24, 2.45) is 0 Å². The molecule has 2 N–H and O–H groups in total. The predicted octanol–water partition coefficient (Wildman–Crippen LogP) is 0.829. The van der Waals surface area contributed by atoms with E-state index in [9.17, 15) is 4.57 Å². The van der Waals surface area contributed by atoms with Gasteiger partial charge in [-0.1, -0.05) is 12.2 Å². The standard InChI is InChI=1S/C11H22NO5P/c1-3-9-16-18(15,17-10-4-2)11-12(5-7-13)6-8-14/h3-4,13-14H,1-2,5-11H2. The van der Waals surface area contributed by atoms with Crippen LogP contribution in [0.15, 0.2) is 25.3 Å². The highest BCUT2D eigenvalue weighted by Gasteiger charge is 2.27. The molecule has 0 saturated carbocycles. The van der Waals surface area contributed by atoms with Gasteiger partial charge >= 0.3 is 7.60 Å². The summed E-state index contributed by atoms with van der Waals surface area (Å²) in [5, 5.41) is 17.8. The van der Waals surface area contributed by atoms with Crippen LogP contribution in [0.4, 0.5) is 0 Å². The van der Waals surface area contributed by atoms with Gasteiger partial charge in [0.2, 0.25) is 0 Å². The highest BCUT2D eigenvalue weighted by molar-refractivity contribution is 7.53. The summed E-state index contributed by atoms with van der Waals surface area (Å²) in [6.45, 7) is 7.58. The zero-order valence-electron chi connectivity index (χ0n) is 10.5. The molecule has 0 aromatic rings. The molecule has 0 aliphatic heterocycles. The monoisotopic (exact) mass is 279 g/mol. The molecule has 0 radical (unpaired) electrons. The quantitative estimate of drug-likeness (QED) is 0.407. The Balaban J connectivity index is 4.55. The summed E-state index contributed by atoms with van der Waals surface area (Å²) in [5.74, 6) is 0. The molecule has 106 valence electrons. The van der Waals surface area contributed by atoms with Crippen LogP contribution in [-0.2, 0) is 13.6 Å². The molecule has 0 rings (SSSR count). The van der Waals surface area contributed by atoms with Crippen molar-refractivity contribution >= 4 is 7.60 Å². The second-order valence-corrected chi connectivity index (χ2v) is 5.51. The van der Waals surface area contributed by atoms with Gasteiger partial charge in [0.25, 0.3) is 0 Å². The first kappa shape index (κ1) is 17.5. The van der Waals surface area contributed by atoms with E-state index in [0.717, 1.165) is 0 Å². The minimum Gasteiger partial charge on any atom is -0.395 e. The van der Waals surface area contributed by atoms with E-state index in [4.69, 9.17) is 19.3 Å². The van der Waals surface area contributed by atoms with Gasteiger partial charge in [-0.3, -0.25) is 9.46 Å². The summed E-state index contributed by atoms with van der Waals surface area (Å²) in [7, 11) is -3.31. The fraction of sp³-hybridized carbons (Fsp3) is 0.636. The summed E-state index contributed by atoms with van der Waals surface area (Å²) >= 11 is 0. The highest BCUT2D eigenvalue weighted by atomic mass is 31.2. The Morgan fingerprint density at radius 2 is 1.50 bits per heavy atom. The molecule has 7 heteroatoms. The summed E-state index contributed by atoms with van der Waals surface area (Å²) < 4.78 is 22.7. The third-order valence-electron chi connectivity index (χ3n) is 1.98. The number of aliphatic hydroxyl groups excluding tert-OH is 2. The molecule has 0 aromatic carbocycles. The molecular weight excluding hydrogens is 257 g/mol. The lowest BCUT2D eigenvalue weighted by Crippen LogP contribution is -2.31. The third kappa shape index (κ3) is 7.76. The van der Waals surface area contributed by atoms with E-state index in [-0.39, 0.29) is 32.7 Å². The molecule has 0 atom stereocenters. The Morgan fingerprint density at radius 1 is 1.06 bits per heavy atom. The van der Waals surface area contributed by atoms with Crippen LogP contribution in [0.3, 0.4) is 0 Å². The van der Waals surface area contributed by atoms with E-state index in [2.05, 4.69) is 13.2 Å². The normalized spacial score (nSPS) is 11.7. The summed E-state index contributed by atoms with van der Waals surface area (Å²) in [4.78, 5) is 1.62. The van der Waals surface area contributed by atoms with E-state index < -0.39 is 7.60 Å².